The predicted molar refractivity (Wildman–Crippen MR) is 132 cm³/mol. The van der Waals surface area contributed by atoms with Crippen LogP contribution in [0.2, 0.25) is 0 Å². The fraction of sp³-hybridized carbons (Fsp3) is 0.385. The zero-order valence-electron chi connectivity index (χ0n) is 20.1. The van der Waals surface area contributed by atoms with E-state index >= 15 is 0 Å². The lowest BCUT2D eigenvalue weighted by atomic mass is 10.0. The number of carboxylic acids is 1. The van der Waals surface area contributed by atoms with Gasteiger partial charge >= 0.3 is 5.97 Å². The van der Waals surface area contributed by atoms with Gasteiger partial charge in [0.15, 0.2) is 0 Å². The van der Waals surface area contributed by atoms with Crippen molar-refractivity contribution in [2.45, 2.75) is 51.2 Å². The van der Waals surface area contributed by atoms with Gasteiger partial charge in [-0.25, -0.2) is 4.79 Å². The van der Waals surface area contributed by atoms with Gasteiger partial charge in [0.05, 0.1) is 12.6 Å². The SMILES string of the molecule is CC(C)CC(N)C(=O)NCC(=O)NC(Cc1ccccc1)C(=O)NC(Cc1ccccc1)C(=O)O. The third-order valence-corrected chi connectivity index (χ3v) is 5.32. The van der Waals surface area contributed by atoms with Crippen LogP contribution in [0.15, 0.2) is 60.7 Å². The van der Waals surface area contributed by atoms with Crippen molar-refractivity contribution in [2.75, 3.05) is 6.54 Å². The molecule has 0 bridgehead atoms. The summed E-state index contributed by atoms with van der Waals surface area (Å²) in [5.74, 6) is -2.62. The minimum Gasteiger partial charge on any atom is -0.480 e. The van der Waals surface area contributed by atoms with Gasteiger partial charge in [-0.05, 0) is 23.5 Å². The molecule has 0 aliphatic carbocycles. The molecular weight excluding hydrogens is 448 g/mol. The Kier molecular flexibility index (Phi) is 10.9. The Hall–Kier alpha value is -3.72. The van der Waals surface area contributed by atoms with E-state index in [1.807, 2.05) is 26.0 Å². The highest BCUT2D eigenvalue weighted by molar-refractivity contribution is 5.92. The standard InChI is InChI=1S/C26H34N4O5/c1-17(2)13-20(27)24(32)28-16-23(31)29-21(14-18-9-5-3-6-10-18)25(33)30-22(26(34)35)15-19-11-7-4-8-12-19/h3-12,17,20-22H,13-16,27H2,1-2H3,(H,28,32)(H,29,31)(H,30,33)(H,34,35). The fourth-order valence-corrected chi connectivity index (χ4v) is 3.54. The fourth-order valence-electron chi connectivity index (χ4n) is 3.54. The van der Waals surface area contributed by atoms with Crippen molar-refractivity contribution >= 4 is 23.7 Å². The number of carboxylic acid groups (broad SMARTS) is 1. The highest BCUT2D eigenvalue weighted by Gasteiger charge is 2.27. The van der Waals surface area contributed by atoms with Gasteiger partial charge < -0.3 is 26.8 Å². The Morgan fingerprint density at radius 1 is 0.800 bits per heavy atom. The Balaban J connectivity index is 2.06. The molecule has 9 nitrogen and oxygen atoms in total. The number of hydrogen-bond acceptors (Lipinski definition) is 5. The van der Waals surface area contributed by atoms with Gasteiger partial charge in [0.2, 0.25) is 17.7 Å². The minimum atomic E-state index is -1.18. The van der Waals surface area contributed by atoms with Crippen molar-refractivity contribution in [3.63, 3.8) is 0 Å². The molecule has 0 radical (unpaired) electrons. The van der Waals surface area contributed by atoms with Gasteiger partial charge in [-0.1, -0.05) is 74.5 Å². The van der Waals surface area contributed by atoms with Crippen molar-refractivity contribution in [1.82, 2.24) is 16.0 Å². The first kappa shape index (κ1) is 27.5. The Morgan fingerprint density at radius 3 is 1.80 bits per heavy atom. The van der Waals surface area contributed by atoms with E-state index in [0.29, 0.717) is 6.42 Å². The number of carbonyl (C=O) groups excluding carboxylic acids is 3. The largest absolute Gasteiger partial charge is 0.480 e. The molecule has 2 aromatic carbocycles. The zero-order chi connectivity index (χ0) is 25.8. The molecule has 0 spiro atoms. The molecule has 9 heteroatoms. The molecule has 2 rings (SSSR count). The van der Waals surface area contributed by atoms with E-state index in [2.05, 4.69) is 16.0 Å². The van der Waals surface area contributed by atoms with Crippen LogP contribution in [0.5, 0.6) is 0 Å². The second kappa shape index (κ2) is 13.9. The molecule has 3 amide bonds. The van der Waals surface area contributed by atoms with Crippen LogP contribution in [0, 0.1) is 5.92 Å². The van der Waals surface area contributed by atoms with E-state index < -0.39 is 41.8 Å². The average Bonchev–Trinajstić information content (AvgIpc) is 2.82. The summed E-state index contributed by atoms with van der Waals surface area (Å²) >= 11 is 0. The molecule has 0 fully saturated rings. The molecule has 6 N–H and O–H groups in total. The molecule has 0 saturated carbocycles. The maximum absolute atomic E-state index is 13.1. The smallest absolute Gasteiger partial charge is 0.326 e. The van der Waals surface area contributed by atoms with Gasteiger partial charge in [0, 0.05) is 12.8 Å². The second-order valence-electron chi connectivity index (χ2n) is 8.85. The number of benzene rings is 2. The van der Waals surface area contributed by atoms with Gasteiger partial charge in [0.1, 0.15) is 12.1 Å². The van der Waals surface area contributed by atoms with Crippen LogP contribution in [-0.4, -0.2) is 53.5 Å². The molecule has 0 aromatic heterocycles. The third-order valence-electron chi connectivity index (χ3n) is 5.32. The molecule has 0 heterocycles. The molecule has 0 aliphatic rings. The molecule has 0 aliphatic heterocycles. The maximum atomic E-state index is 13.1. The molecular formula is C26H34N4O5. The Bertz CT molecular complexity index is 982. The average molecular weight is 483 g/mol. The third kappa shape index (κ3) is 9.97. The summed E-state index contributed by atoms with van der Waals surface area (Å²) in [4.78, 5) is 49.5. The van der Waals surface area contributed by atoms with Crippen LogP contribution in [0.1, 0.15) is 31.4 Å². The van der Waals surface area contributed by atoms with E-state index in [0.717, 1.165) is 11.1 Å². The van der Waals surface area contributed by atoms with E-state index in [-0.39, 0.29) is 25.3 Å². The summed E-state index contributed by atoms with van der Waals surface area (Å²) in [5, 5.41) is 17.3. The lowest BCUT2D eigenvalue weighted by molar-refractivity contribution is -0.142. The van der Waals surface area contributed by atoms with Crippen molar-refractivity contribution in [1.29, 1.82) is 0 Å². The number of aliphatic carboxylic acids is 1. The summed E-state index contributed by atoms with van der Waals surface area (Å²) in [5.41, 5.74) is 7.38. The molecule has 0 saturated heterocycles. The monoisotopic (exact) mass is 482 g/mol. The molecule has 2 aromatic rings. The number of nitrogens with one attached hydrogen (secondary N) is 3. The molecule has 3 unspecified atom stereocenters. The van der Waals surface area contributed by atoms with Crippen LogP contribution in [-0.2, 0) is 32.0 Å². The lowest BCUT2D eigenvalue weighted by Gasteiger charge is -2.22. The van der Waals surface area contributed by atoms with Crippen molar-refractivity contribution in [3.05, 3.63) is 71.8 Å². The predicted octanol–water partition coefficient (Wildman–Crippen LogP) is 1.02. The summed E-state index contributed by atoms with van der Waals surface area (Å²) in [6.45, 7) is 3.53. The van der Waals surface area contributed by atoms with E-state index in [1.54, 1.807) is 48.5 Å². The Labute approximate surface area is 205 Å². The normalized spacial score (nSPS) is 13.4. The quantitative estimate of drug-likeness (QED) is 0.288. The molecule has 188 valence electrons. The van der Waals surface area contributed by atoms with Crippen LogP contribution in [0.4, 0.5) is 0 Å². The number of amides is 3. The van der Waals surface area contributed by atoms with Crippen molar-refractivity contribution in [2.24, 2.45) is 11.7 Å². The number of rotatable bonds is 13. The number of carbonyl (C=O) groups is 4. The number of nitrogens with two attached hydrogens (primary N) is 1. The summed E-state index contributed by atoms with van der Waals surface area (Å²) in [6, 6.07) is 15.0. The van der Waals surface area contributed by atoms with E-state index in [1.165, 1.54) is 0 Å². The van der Waals surface area contributed by atoms with Crippen molar-refractivity contribution in [3.8, 4) is 0 Å². The van der Waals surface area contributed by atoms with Crippen LogP contribution < -0.4 is 21.7 Å². The van der Waals surface area contributed by atoms with Gasteiger partial charge in [-0.15, -0.1) is 0 Å². The van der Waals surface area contributed by atoms with Gasteiger partial charge in [-0.3, -0.25) is 14.4 Å². The zero-order valence-corrected chi connectivity index (χ0v) is 20.1. The van der Waals surface area contributed by atoms with E-state index in [4.69, 9.17) is 5.73 Å². The van der Waals surface area contributed by atoms with Gasteiger partial charge in [-0.2, -0.15) is 0 Å². The molecule has 3 atom stereocenters. The summed E-state index contributed by atoms with van der Waals surface area (Å²) in [7, 11) is 0. The first-order chi connectivity index (χ1) is 16.7. The highest BCUT2D eigenvalue weighted by Crippen LogP contribution is 2.07. The van der Waals surface area contributed by atoms with Gasteiger partial charge in [0.25, 0.3) is 0 Å². The van der Waals surface area contributed by atoms with Crippen LogP contribution in [0.25, 0.3) is 0 Å². The van der Waals surface area contributed by atoms with Crippen LogP contribution in [0.3, 0.4) is 0 Å². The first-order valence-electron chi connectivity index (χ1n) is 11.6. The summed E-state index contributed by atoms with van der Waals surface area (Å²) in [6.07, 6.45) is 0.721. The lowest BCUT2D eigenvalue weighted by Crippen LogP contribution is -2.54. The topological polar surface area (TPSA) is 151 Å². The molecule has 35 heavy (non-hydrogen) atoms. The second-order valence-corrected chi connectivity index (χ2v) is 8.85. The first-order valence-corrected chi connectivity index (χ1v) is 11.6. The van der Waals surface area contributed by atoms with E-state index in [9.17, 15) is 24.3 Å². The highest BCUT2D eigenvalue weighted by atomic mass is 16.4. The minimum absolute atomic E-state index is 0.0950. The summed E-state index contributed by atoms with van der Waals surface area (Å²) < 4.78 is 0. The number of hydrogen-bond donors (Lipinski definition) is 5. The van der Waals surface area contributed by atoms with Crippen LogP contribution >= 0.6 is 0 Å². The maximum Gasteiger partial charge on any atom is 0.326 e. The Morgan fingerprint density at radius 2 is 1.31 bits per heavy atom. The van der Waals surface area contributed by atoms with Crippen molar-refractivity contribution < 1.29 is 24.3 Å².